The van der Waals surface area contributed by atoms with E-state index >= 15 is 0 Å². The smallest absolute Gasteiger partial charge is 0.166 e. The molecule has 0 amide bonds. The summed E-state index contributed by atoms with van der Waals surface area (Å²) >= 11 is 0. The van der Waals surface area contributed by atoms with E-state index < -0.39 is 17.5 Å². The van der Waals surface area contributed by atoms with Gasteiger partial charge in [-0.15, -0.1) is 0 Å². The van der Waals surface area contributed by atoms with Crippen LogP contribution in [0.5, 0.6) is 5.75 Å². The highest BCUT2D eigenvalue weighted by Gasteiger charge is 2.25. The molecule has 0 spiro atoms. The molecule has 1 aliphatic rings. The monoisotopic (exact) mass is 492 g/mol. The summed E-state index contributed by atoms with van der Waals surface area (Å²) in [6, 6.07) is 15.8. The molecule has 0 unspecified atom stereocenters. The topological polar surface area (TPSA) is 9.23 Å². The molecule has 0 radical (unpaired) electrons. The second kappa shape index (κ2) is 12.3. The Morgan fingerprint density at radius 3 is 2.19 bits per heavy atom. The van der Waals surface area contributed by atoms with Gasteiger partial charge in [0.1, 0.15) is 0 Å². The first-order valence-corrected chi connectivity index (χ1v) is 13.1. The lowest BCUT2D eigenvalue weighted by Crippen LogP contribution is -2.15. The Kier molecular flexibility index (Phi) is 8.90. The molecule has 190 valence electrons. The van der Waals surface area contributed by atoms with Crippen LogP contribution in [0.15, 0.2) is 54.6 Å². The van der Waals surface area contributed by atoms with Crippen LogP contribution in [0.1, 0.15) is 80.9 Å². The molecule has 4 heteroatoms. The summed E-state index contributed by atoms with van der Waals surface area (Å²) in [6.07, 6.45) is 12.5. The standard InChI is InChI=1S/C32H35F3O/c1-3-4-5-6-22-9-14-25(15-10-22)28-19-17-26(31(34)32(28)35)16-11-23-7-12-24(13-8-23)27-18-20-30(36-2)29(33)21-27/h7-8,11-13,16-22,25H,3-6,9-10,14-15H2,1-2H3. The Hall–Kier alpha value is -3.01. The Balaban J connectivity index is 1.40. The number of ether oxygens (including phenoxy) is 1. The van der Waals surface area contributed by atoms with Gasteiger partial charge in [0.25, 0.3) is 0 Å². The van der Waals surface area contributed by atoms with E-state index in [2.05, 4.69) is 6.92 Å². The Bertz CT molecular complexity index is 1170. The van der Waals surface area contributed by atoms with E-state index in [9.17, 15) is 13.2 Å². The van der Waals surface area contributed by atoms with Crippen molar-refractivity contribution in [2.75, 3.05) is 7.11 Å². The van der Waals surface area contributed by atoms with Crippen molar-refractivity contribution >= 4 is 12.2 Å². The summed E-state index contributed by atoms with van der Waals surface area (Å²) in [5.74, 6) is -0.857. The molecule has 0 heterocycles. The molecule has 0 N–H and O–H groups in total. The summed E-state index contributed by atoms with van der Waals surface area (Å²) in [4.78, 5) is 0. The minimum absolute atomic E-state index is 0.107. The first-order valence-electron chi connectivity index (χ1n) is 13.1. The number of methoxy groups -OCH3 is 1. The van der Waals surface area contributed by atoms with Gasteiger partial charge in [0.2, 0.25) is 0 Å². The fraction of sp³-hybridized carbons (Fsp3) is 0.375. The third-order valence-corrected chi connectivity index (χ3v) is 7.50. The predicted octanol–water partition coefficient (Wildman–Crippen LogP) is 9.80. The van der Waals surface area contributed by atoms with Crippen molar-refractivity contribution in [3.63, 3.8) is 0 Å². The van der Waals surface area contributed by atoms with Crippen molar-refractivity contribution in [3.8, 4) is 16.9 Å². The fourth-order valence-electron chi connectivity index (χ4n) is 5.29. The predicted molar refractivity (Wildman–Crippen MR) is 143 cm³/mol. The zero-order chi connectivity index (χ0) is 25.5. The largest absolute Gasteiger partial charge is 0.494 e. The van der Waals surface area contributed by atoms with Crippen molar-refractivity contribution in [2.24, 2.45) is 5.92 Å². The molecule has 0 aliphatic heterocycles. The Morgan fingerprint density at radius 2 is 1.53 bits per heavy atom. The molecule has 3 aromatic carbocycles. The molecule has 3 aromatic rings. The van der Waals surface area contributed by atoms with Gasteiger partial charge in [-0.25, -0.2) is 13.2 Å². The van der Waals surface area contributed by atoms with Gasteiger partial charge in [-0.3, -0.25) is 0 Å². The highest BCUT2D eigenvalue weighted by Crippen LogP contribution is 2.39. The summed E-state index contributed by atoms with van der Waals surface area (Å²) in [6.45, 7) is 2.22. The quantitative estimate of drug-likeness (QED) is 0.213. The summed E-state index contributed by atoms with van der Waals surface area (Å²) in [5.41, 5.74) is 3.20. The van der Waals surface area contributed by atoms with E-state index in [0.29, 0.717) is 5.56 Å². The Labute approximate surface area is 213 Å². The number of halogens is 3. The van der Waals surface area contributed by atoms with Crippen molar-refractivity contribution in [2.45, 2.75) is 64.2 Å². The van der Waals surface area contributed by atoms with Gasteiger partial charge in [0.05, 0.1) is 7.11 Å². The maximum atomic E-state index is 15.0. The van der Waals surface area contributed by atoms with Gasteiger partial charge < -0.3 is 4.74 Å². The van der Waals surface area contributed by atoms with Crippen LogP contribution in [0.3, 0.4) is 0 Å². The molecule has 0 aromatic heterocycles. The number of hydrogen-bond acceptors (Lipinski definition) is 1. The van der Waals surface area contributed by atoms with Crippen molar-refractivity contribution in [3.05, 3.63) is 88.7 Å². The van der Waals surface area contributed by atoms with Crippen molar-refractivity contribution in [1.29, 1.82) is 0 Å². The van der Waals surface area contributed by atoms with E-state index in [1.54, 1.807) is 36.4 Å². The van der Waals surface area contributed by atoms with Crippen molar-refractivity contribution in [1.82, 2.24) is 0 Å². The zero-order valence-electron chi connectivity index (χ0n) is 21.2. The van der Waals surface area contributed by atoms with E-state index in [1.165, 1.54) is 38.9 Å². The third-order valence-electron chi connectivity index (χ3n) is 7.50. The molecular weight excluding hydrogens is 457 g/mol. The van der Waals surface area contributed by atoms with Crippen LogP contribution in [0.25, 0.3) is 23.3 Å². The highest BCUT2D eigenvalue weighted by atomic mass is 19.2. The lowest BCUT2D eigenvalue weighted by atomic mass is 9.76. The van der Waals surface area contributed by atoms with Gasteiger partial charge in [0.15, 0.2) is 23.2 Å². The van der Waals surface area contributed by atoms with Crippen LogP contribution in [0.2, 0.25) is 0 Å². The van der Waals surface area contributed by atoms with Crippen LogP contribution < -0.4 is 4.74 Å². The highest BCUT2D eigenvalue weighted by molar-refractivity contribution is 5.72. The average Bonchev–Trinajstić information content (AvgIpc) is 2.90. The molecule has 0 saturated heterocycles. The molecule has 1 aliphatic carbocycles. The lowest BCUT2D eigenvalue weighted by Gasteiger charge is -2.29. The number of benzene rings is 3. The molecule has 0 bridgehead atoms. The fourth-order valence-corrected chi connectivity index (χ4v) is 5.29. The summed E-state index contributed by atoms with van der Waals surface area (Å²) < 4.78 is 48.9. The minimum atomic E-state index is -0.779. The van der Waals surface area contributed by atoms with Crippen LogP contribution in [-0.2, 0) is 0 Å². The van der Waals surface area contributed by atoms with Crippen molar-refractivity contribution < 1.29 is 17.9 Å². The number of hydrogen-bond donors (Lipinski definition) is 0. The number of unbranched alkanes of at least 4 members (excludes halogenated alkanes) is 2. The third kappa shape index (κ3) is 6.21. The van der Waals surface area contributed by atoms with Crippen LogP contribution in [-0.4, -0.2) is 7.11 Å². The summed E-state index contributed by atoms with van der Waals surface area (Å²) in [5, 5.41) is 0. The SMILES string of the molecule is CCCCCC1CCC(c2ccc(C=Cc3ccc(-c4ccc(OC)c(F)c4)cc3)c(F)c2F)CC1. The second-order valence-corrected chi connectivity index (χ2v) is 9.89. The summed E-state index contributed by atoms with van der Waals surface area (Å²) in [7, 11) is 1.43. The molecule has 1 fully saturated rings. The first-order chi connectivity index (χ1) is 17.5. The van der Waals surface area contributed by atoms with E-state index in [1.807, 2.05) is 24.3 Å². The maximum Gasteiger partial charge on any atom is 0.166 e. The van der Waals surface area contributed by atoms with E-state index in [0.717, 1.165) is 48.3 Å². The van der Waals surface area contributed by atoms with Crippen LogP contribution in [0.4, 0.5) is 13.2 Å². The first kappa shape index (κ1) is 26.1. The molecule has 0 atom stereocenters. The van der Waals surface area contributed by atoms with Gasteiger partial charge in [-0.2, -0.15) is 0 Å². The van der Waals surface area contributed by atoms with Gasteiger partial charge in [-0.05, 0) is 71.9 Å². The molecule has 4 rings (SSSR count). The molecular formula is C32H35F3O. The van der Waals surface area contributed by atoms with E-state index in [-0.39, 0.29) is 17.2 Å². The molecule has 1 saturated carbocycles. The zero-order valence-corrected chi connectivity index (χ0v) is 21.2. The van der Waals surface area contributed by atoms with Crippen LogP contribution >= 0.6 is 0 Å². The van der Waals surface area contributed by atoms with E-state index in [4.69, 9.17) is 4.74 Å². The second-order valence-electron chi connectivity index (χ2n) is 9.89. The maximum absolute atomic E-state index is 15.0. The van der Waals surface area contributed by atoms with Gasteiger partial charge >= 0.3 is 0 Å². The molecule has 1 nitrogen and oxygen atoms in total. The number of rotatable bonds is 9. The lowest BCUT2D eigenvalue weighted by molar-refractivity contribution is 0.298. The molecule has 36 heavy (non-hydrogen) atoms. The van der Waals surface area contributed by atoms with Gasteiger partial charge in [0, 0.05) is 5.56 Å². The average molecular weight is 493 g/mol. The minimum Gasteiger partial charge on any atom is -0.494 e. The van der Waals surface area contributed by atoms with Gasteiger partial charge in [-0.1, -0.05) is 87.2 Å². The Morgan fingerprint density at radius 1 is 0.806 bits per heavy atom. The normalized spacial score (nSPS) is 18.0. The van der Waals surface area contributed by atoms with Crippen LogP contribution in [0, 0.1) is 23.4 Å².